The van der Waals surface area contributed by atoms with Gasteiger partial charge in [0.25, 0.3) is 0 Å². The summed E-state index contributed by atoms with van der Waals surface area (Å²) < 4.78 is 4.86. The summed E-state index contributed by atoms with van der Waals surface area (Å²) in [5.74, 6) is 0.363. The molecule has 2 rings (SSSR count). The number of nitrogens with zero attached hydrogens (tertiary/aromatic N) is 3. The fraction of sp³-hybridized carbons (Fsp3) is 0.273. The molecule has 0 fully saturated rings. The van der Waals surface area contributed by atoms with Gasteiger partial charge < -0.3 is 10.5 Å². The third kappa shape index (κ3) is 3.65. The number of rotatable bonds is 5. The van der Waals surface area contributed by atoms with Crippen LogP contribution in [0.2, 0.25) is 0 Å². The summed E-state index contributed by atoms with van der Waals surface area (Å²) in [6.07, 6.45) is 3.20. The lowest BCUT2D eigenvalue weighted by molar-refractivity contribution is 0.0526. The highest BCUT2D eigenvalue weighted by molar-refractivity contribution is 7.98. The molecule has 100 valence electrons. The number of anilines is 1. The molecule has 0 spiro atoms. The first-order chi connectivity index (χ1) is 9.20. The molecule has 0 saturated carbocycles. The van der Waals surface area contributed by atoms with E-state index in [2.05, 4.69) is 15.0 Å². The maximum absolute atomic E-state index is 11.5. The number of carbonyl (C=O) groups excluding carboxylic acids is 1. The largest absolute Gasteiger partial charge is 0.462 e. The lowest BCUT2D eigenvalue weighted by Crippen LogP contribution is -2.10. The molecule has 19 heavy (non-hydrogen) atoms. The van der Waals surface area contributed by atoms with Gasteiger partial charge in [0.1, 0.15) is 11.4 Å². The van der Waals surface area contributed by atoms with Crippen molar-refractivity contribution in [2.75, 3.05) is 12.3 Å². The van der Waals surface area contributed by atoms with Gasteiger partial charge in [-0.25, -0.2) is 14.8 Å². The van der Waals surface area contributed by atoms with E-state index < -0.39 is 5.97 Å². The Bertz CT molecular complexity index is 560. The zero-order valence-electron chi connectivity index (χ0n) is 10.2. The van der Waals surface area contributed by atoms with Crippen LogP contribution in [-0.2, 0) is 10.5 Å². The van der Waals surface area contributed by atoms with Crippen LogP contribution in [0.4, 0.5) is 5.82 Å². The number of nitrogen functional groups attached to an aromatic ring is 1. The molecule has 0 aromatic carbocycles. The lowest BCUT2D eigenvalue weighted by Gasteiger charge is -2.05. The predicted molar refractivity (Wildman–Crippen MR) is 74.1 cm³/mol. The zero-order valence-corrected chi connectivity index (χ0v) is 11.8. The fourth-order valence-corrected chi connectivity index (χ4v) is 2.73. The number of thiazole rings is 1. The quantitative estimate of drug-likeness (QED) is 0.512. The molecule has 0 saturated heterocycles. The van der Waals surface area contributed by atoms with Crippen molar-refractivity contribution in [3.63, 3.8) is 0 Å². The Morgan fingerprint density at radius 2 is 2.37 bits per heavy atom. The van der Waals surface area contributed by atoms with Crippen LogP contribution < -0.4 is 5.73 Å². The van der Waals surface area contributed by atoms with E-state index in [9.17, 15) is 4.79 Å². The van der Waals surface area contributed by atoms with Crippen LogP contribution in [0.5, 0.6) is 0 Å². The van der Waals surface area contributed by atoms with Crippen LogP contribution in [0.3, 0.4) is 0 Å². The highest BCUT2D eigenvalue weighted by atomic mass is 32.2. The Morgan fingerprint density at radius 1 is 1.53 bits per heavy atom. The highest BCUT2D eigenvalue weighted by Crippen LogP contribution is 2.22. The van der Waals surface area contributed by atoms with Crippen molar-refractivity contribution in [3.05, 3.63) is 28.3 Å². The molecule has 2 aromatic rings. The first-order valence-electron chi connectivity index (χ1n) is 5.50. The Kier molecular flexibility index (Phi) is 4.69. The van der Waals surface area contributed by atoms with Gasteiger partial charge >= 0.3 is 5.97 Å². The second-order valence-electron chi connectivity index (χ2n) is 3.43. The summed E-state index contributed by atoms with van der Waals surface area (Å²) in [6.45, 7) is 2.02. The van der Waals surface area contributed by atoms with E-state index in [0.717, 1.165) is 10.6 Å². The molecule has 0 aliphatic heterocycles. The van der Waals surface area contributed by atoms with E-state index in [1.165, 1.54) is 18.0 Å². The van der Waals surface area contributed by atoms with E-state index in [-0.39, 0.29) is 11.4 Å². The van der Waals surface area contributed by atoms with Crippen molar-refractivity contribution in [3.8, 4) is 0 Å². The average molecular weight is 296 g/mol. The number of hydrogen-bond donors (Lipinski definition) is 1. The minimum atomic E-state index is -0.501. The smallest absolute Gasteiger partial charge is 0.343 e. The summed E-state index contributed by atoms with van der Waals surface area (Å²) >= 11 is 3.01. The van der Waals surface area contributed by atoms with Crippen molar-refractivity contribution >= 4 is 34.9 Å². The molecule has 6 nitrogen and oxygen atoms in total. The minimum absolute atomic E-state index is 0.139. The van der Waals surface area contributed by atoms with Crippen LogP contribution >= 0.6 is 23.1 Å². The summed E-state index contributed by atoms with van der Waals surface area (Å²) in [5, 5.41) is 0.527. The predicted octanol–water partition coefficient (Wildman–Crippen LogP) is 1.98. The van der Waals surface area contributed by atoms with Gasteiger partial charge in [0.2, 0.25) is 0 Å². The monoisotopic (exact) mass is 296 g/mol. The lowest BCUT2D eigenvalue weighted by atomic mass is 10.3. The second kappa shape index (κ2) is 6.48. The van der Waals surface area contributed by atoms with Crippen molar-refractivity contribution in [2.45, 2.75) is 17.8 Å². The molecule has 2 N–H and O–H groups in total. The van der Waals surface area contributed by atoms with E-state index in [0.29, 0.717) is 11.8 Å². The minimum Gasteiger partial charge on any atom is -0.462 e. The number of ether oxygens (including phenoxy) is 1. The molecular formula is C11H12N4O2S2. The number of nitrogens with two attached hydrogens (primary N) is 1. The van der Waals surface area contributed by atoms with Gasteiger partial charge in [-0.2, -0.15) is 0 Å². The molecule has 0 unspecified atom stereocenters. The van der Waals surface area contributed by atoms with Crippen molar-refractivity contribution < 1.29 is 9.53 Å². The first-order valence-corrected chi connectivity index (χ1v) is 7.37. The van der Waals surface area contributed by atoms with Crippen molar-refractivity contribution in [2.24, 2.45) is 0 Å². The highest BCUT2D eigenvalue weighted by Gasteiger charge is 2.13. The van der Waals surface area contributed by atoms with Gasteiger partial charge in [-0.3, -0.25) is 4.98 Å². The second-order valence-corrected chi connectivity index (χ2v) is 5.34. The van der Waals surface area contributed by atoms with Crippen molar-refractivity contribution in [1.29, 1.82) is 0 Å². The maximum Gasteiger partial charge on any atom is 0.343 e. The zero-order chi connectivity index (χ0) is 13.7. The molecule has 0 amide bonds. The first kappa shape index (κ1) is 13.8. The number of hydrogen-bond acceptors (Lipinski definition) is 8. The molecule has 0 aliphatic rings. The van der Waals surface area contributed by atoms with Crippen molar-refractivity contribution in [1.82, 2.24) is 15.0 Å². The van der Waals surface area contributed by atoms with E-state index in [1.54, 1.807) is 30.0 Å². The third-order valence-electron chi connectivity index (χ3n) is 2.12. The van der Waals surface area contributed by atoms with Gasteiger partial charge in [0.05, 0.1) is 12.1 Å². The SMILES string of the molecule is CCOC(=O)c1cnc(SCc2cncs2)nc1N. The van der Waals surface area contributed by atoms with Crippen LogP contribution in [0.15, 0.2) is 23.1 Å². The van der Waals surface area contributed by atoms with E-state index in [4.69, 9.17) is 10.5 Å². The Balaban J connectivity index is 2.04. The standard InChI is InChI=1S/C11H12N4O2S2/c1-2-17-10(16)8-4-14-11(15-9(8)12)18-5-7-3-13-6-19-7/h3-4,6H,2,5H2,1H3,(H2,12,14,15). The molecule has 8 heteroatoms. The Labute approximate surface area is 118 Å². The summed E-state index contributed by atoms with van der Waals surface area (Å²) in [4.78, 5) is 24.8. The molecule has 0 atom stereocenters. The fourth-order valence-electron chi connectivity index (χ4n) is 1.26. The van der Waals surface area contributed by atoms with Crippen LogP contribution in [0.1, 0.15) is 22.2 Å². The van der Waals surface area contributed by atoms with E-state index >= 15 is 0 Å². The number of thioether (sulfide) groups is 1. The van der Waals surface area contributed by atoms with Gasteiger partial charge in [-0.15, -0.1) is 11.3 Å². The van der Waals surface area contributed by atoms with E-state index in [1.807, 2.05) is 0 Å². The molecule has 0 aliphatic carbocycles. The number of esters is 1. The Hall–Kier alpha value is -1.67. The average Bonchev–Trinajstić information content (AvgIpc) is 2.89. The molecule has 0 radical (unpaired) electrons. The summed E-state index contributed by atoms with van der Waals surface area (Å²) in [6, 6.07) is 0. The van der Waals surface area contributed by atoms with Crippen LogP contribution in [0.25, 0.3) is 0 Å². The molecule has 0 bridgehead atoms. The van der Waals surface area contributed by atoms with Gasteiger partial charge in [0.15, 0.2) is 5.16 Å². The van der Waals surface area contributed by atoms with Gasteiger partial charge in [-0.05, 0) is 6.92 Å². The number of aromatic nitrogens is 3. The van der Waals surface area contributed by atoms with Crippen LogP contribution in [-0.4, -0.2) is 27.5 Å². The molecular weight excluding hydrogens is 284 g/mol. The summed E-state index contributed by atoms with van der Waals surface area (Å²) in [5.41, 5.74) is 7.70. The normalized spacial score (nSPS) is 10.4. The summed E-state index contributed by atoms with van der Waals surface area (Å²) in [7, 11) is 0. The number of carbonyl (C=O) groups is 1. The maximum atomic E-state index is 11.5. The van der Waals surface area contributed by atoms with Crippen LogP contribution in [0, 0.1) is 0 Å². The van der Waals surface area contributed by atoms with Gasteiger partial charge in [0, 0.05) is 23.0 Å². The molecule has 2 aromatic heterocycles. The topological polar surface area (TPSA) is 91.0 Å². The molecule has 2 heterocycles. The third-order valence-corrected chi connectivity index (χ3v) is 3.99. The van der Waals surface area contributed by atoms with Gasteiger partial charge in [-0.1, -0.05) is 11.8 Å². The Morgan fingerprint density at radius 3 is 3.00 bits per heavy atom.